The predicted molar refractivity (Wildman–Crippen MR) is 129 cm³/mol. The molecule has 33 heavy (non-hydrogen) atoms. The van der Waals surface area contributed by atoms with Gasteiger partial charge in [0.15, 0.2) is 0 Å². The largest absolute Gasteiger partial charge is 0.353 e. The molecule has 3 heterocycles. The fourth-order valence-electron chi connectivity index (χ4n) is 3.77. The van der Waals surface area contributed by atoms with Gasteiger partial charge in [0.25, 0.3) is 0 Å². The molecule has 0 saturated heterocycles. The highest BCUT2D eigenvalue weighted by atomic mass is 35.5. The Labute approximate surface area is 202 Å². The van der Waals surface area contributed by atoms with Gasteiger partial charge in [0.05, 0.1) is 22.9 Å². The number of nitrogens with zero attached hydrogens (tertiary/aromatic N) is 5. The first-order valence-corrected chi connectivity index (χ1v) is 12.0. The lowest BCUT2D eigenvalue weighted by Gasteiger charge is -2.41. The Bertz CT molecular complexity index is 1090. The summed E-state index contributed by atoms with van der Waals surface area (Å²) in [5, 5.41) is 6.13. The second kappa shape index (κ2) is 9.70. The highest BCUT2D eigenvalue weighted by Gasteiger charge is 2.41. The van der Waals surface area contributed by atoms with Gasteiger partial charge in [-0.05, 0) is 45.7 Å². The molecule has 0 bridgehead atoms. The maximum atomic E-state index is 11.3. The van der Waals surface area contributed by atoms with Gasteiger partial charge in [0, 0.05) is 47.2 Å². The van der Waals surface area contributed by atoms with Crippen LogP contribution in [0.4, 0.5) is 5.95 Å². The van der Waals surface area contributed by atoms with E-state index < -0.39 is 5.60 Å². The molecule has 0 aromatic carbocycles. The van der Waals surface area contributed by atoms with Crippen LogP contribution in [-0.2, 0) is 21.6 Å². The first kappa shape index (κ1) is 23.5. The number of carbonyl (C=O) groups excluding carboxylic acids is 1. The standard InChI is InChI=1S/C23H27ClN6O2S/c1-22(2,3)32-30(15-31)13-17-12-26-20(33-17)16-10-27-21(28-11-16)29-14-23(7-5-8-23)19-18(24)6-4-9-25-19/h4,6,9-12,15H,5,7-8,13-14H2,1-3H3,(H,27,28,29). The third-order valence-corrected chi connectivity index (χ3v) is 6.77. The van der Waals surface area contributed by atoms with Crippen LogP contribution < -0.4 is 5.32 Å². The van der Waals surface area contributed by atoms with E-state index in [1.807, 2.05) is 32.9 Å². The van der Waals surface area contributed by atoms with Gasteiger partial charge in [0.2, 0.25) is 12.4 Å². The molecule has 1 aliphatic carbocycles. The van der Waals surface area contributed by atoms with Crippen LogP contribution in [0.3, 0.4) is 0 Å². The number of hydrogen-bond donors (Lipinski definition) is 1. The first-order chi connectivity index (χ1) is 15.8. The van der Waals surface area contributed by atoms with Crippen molar-refractivity contribution in [1.82, 2.24) is 25.0 Å². The Kier molecular flexibility index (Phi) is 6.92. The summed E-state index contributed by atoms with van der Waals surface area (Å²) >= 11 is 7.88. The van der Waals surface area contributed by atoms with Crippen molar-refractivity contribution in [3.05, 3.63) is 52.5 Å². The molecule has 10 heteroatoms. The fraction of sp³-hybridized carbons (Fsp3) is 0.435. The Hall–Kier alpha value is -2.62. The van der Waals surface area contributed by atoms with Crippen molar-refractivity contribution in [2.24, 2.45) is 0 Å². The minimum Gasteiger partial charge on any atom is -0.353 e. The molecule has 0 aliphatic heterocycles. The Morgan fingerprint density at radius 3 is 2.58 bits per heavy atom. The van der Waals surface area contributed by atoms with Crippen LogP contribution in [0, 0.1) is 0 Å². The predicted octanol–water partition coefficient (Wildman–Crippen LogP) is 4.87. The highest BCUT2D eigenvalue weighted by Crippen LogP contribution is 2.45. The molecule has 3 aromatic rings. The molecule has 3 aromatic heterocycles. The topological polar surface area (TPSA) is 93.1 Å². The van der Waals surface area contributed by atoms with Crippen molar-refractivity contribution in [3.8, 4) is 10.6 Å². The van der Waals surface area contributed by atoms with E-state index in [1.165, 1.54) is 16.4 Å². The second-order valence-corrected chi connectivity index (χ2v) is 10.7. The molecule has 1 fully saturated rings. The Balaban J connectivity index is 1.39. The third kappa shape index (κ3) is 5.66. The molecule has 1 aliphatic rings. The Morgan fingerprint density at radius 1 is 1.21 bits per heavy atom. The maximum absolute atomic E-state index is 11.3. The van der Waals surface area contributed by atoms with E-state index in [0.717, 1.165) is 40.4 Å². The van der Waals surface area contributed by atoms with Crippen molar-refractivity contribution in [2.75, 3.05) is 11.9 Å². The molecule has 4 rings (SSSR count). The zero-order valence-electron chi connectivity index (χ0n) is 18.9. The molecule has 0 unspecified atom stereocenters. The van der Waals surface area contributed by atoms with Crippen LogP contribution >= 0.6 is 22.9 Å². The lowest BCUT2D eigenvalue weighted by atomic mass is 9.66. The third-order valence-electron chi connectivity index (χ3n) is 5.43. The van der Waals surface area contributed by atoms with Crippen LogP contribution in [0.1, 0.15) is 50.6 Å². The van der Waals surface area contributed by atoms with E-state index in [0.29, 0.717) is 30.5 Å². The lowest BCUT2D eigenvalue weighted by Crippen LogP contribution is -2.42. The molecule has 174 valence electrons. The SMILES string of the molecule is CC(C)(C)ON(C=O)Cc1cnc(-c2cnc(NCC3(c4ncccc4Cl)CCC3)nc2)s1. The molecule has 0 spiro atoms. The number of thiazole rings is 1. The highest BCUT2D eigenvalue weighted by molar-refractivity contribution is 7.15. The molecule has 8 nitrogen and oxygen atoms in total. The summed E-state index contributed by atoms with van der Waals surface area (Å²) in [4.78, 5) is 35.8. The van der Waals surface area contributed by atoms with Gasteiger partial charge in [-0.25, -0.2) is 20.0 Å². The van der Waals surface area contributed by atoms with Crippen molar-refractivity contribution >= 4 is 35.3 Å². The van der Waals surface area contributed by atoms with Gasteiger partial charge in [-0.15, -0.1) is 11.3 Å². The van der Waals surface area contributed by atoms with Crippen molar-refractivity contribution in [3.63, 3.8) is 0 Å². The fourth-order valence-corrected chi connectivity index (χ4v) is 4.96. The maximum Gasteiger partial charge on any atom is 0.233 e. The van der Waals surface area contributed by atoms with Crippen molar-refractivity contribution in [1.29, 1.82) is 0 Å². The molecule has 1 saturated carbocycles. The number of rotatable bonds is 9. The van der Waals surface area contributed by atoms with Crippen LogP contribution in [0.5, 0.6) is 0 Å². The van der Waals surface area contributed by atoms with E-state index in [2.05, 4.69) is 25.3 Å². The Morgan fingerprint density at radius 2 is 1.97 bits per heavy atom. The average molecular weight is 487 g/mol. The van der Waals surface area contributed by atoms with Gasteiger partial charge in [-0.3, -0.25) is 14.6 Å². The molecule has 0 radical (unpaired) electrons. The minimum atomic E-state index is -0.453. The van der Waals surface area contributed by atoms with Crippen molar-refractivity contribution in [2.45, 2.75) is 57.6 Å². The summed E-state index contributed by atoms with van der Waals surface area (Å²) < 4.78 is 0. The monoisotopic (exact) mass is 486 g/mol. The number of pyridine rings is 1. The smallest absolute Gasteiger partial charge is 0.233 e. The first-order valence-electron chi connectivity index (χ1n) is 10.8. The van der Waals surface area contributed by atoms with Crippen LogP contribution in [0.25, 0.3) is 10.6 Å². The molecule has 0 atom stereocenters. The van der Waals surface area contributed by atoms with E-state index in [9.17, 15) is 4.79 Å². The summed E-state index contributed by atoms with van der Waals surface area (Å²) in [5.41, 5.74) is 1.23. The number of hydrogen-bond acceptors (Lipinski definition) is 8. The zero-order chi connectivity index (χ0) is 23.5. The summed E-state index contributed by atoms with van der Waals surface area (Å²) in [6.07, 6.45) is 10.9. The van der Waals surface area contributed by atoms with Gasteiger partial charge < -0.3 is 5.32 Å². The van der Waals surface area contributed by atoms with Crippen LogP contribution in [-0.4, -0.2) is 43.6 Å². The number of hydroxylamine groups is 2. The van der Waals surface area contributed by atoms with Crippen LogP contribution in [0.15, 0.2) is 36.9 Å². The van der Waals surface area contributed by atoms with Gasteiger partial charge in [-0.2, -0.15) is 0 Å². The number of halogens is 1. The zero-order valence-corrected chi connectivity index (χ0v) is 20.5. The molecule has 1 amide bonds. The quantitative estimate of drug-likeness (QED) is 0.340. The number of nitrogens with one attached hydrogen (secondary N) is 1. The summed E-state index contributed by atoms with van der Waals surface area (Å²) in [6, 6.07) is 3.74. The van der Waals surface area contributed by atoms with E-state index >= 15 is 0 Å². The summed E-state index contributed by atoms with van der Waals surface area (Å²) in [7, 11) is 0. The summed E-state index contributed by atoms with van der Waals surface area (Å²) in [6.45, 7) is 6.70. The van der Waals surface area contributed by atoms with E-state index in [1.54, 1.807) is 24.8 Å². The lowest BCUT2D eigenvalue weighted by molar-refractivity contribution is -0.220. The number of aromatic nitrogens is 4. The number of carbonyl (C=O) groups is 1. The number of amides is 1. The minimum absolute atomic E-state index is 0.0792. The second-order valence-electron chi connectivity index (χ2n) is 9.13. The van der Waals surface area contributed by atoms with Gasteiger partial charge in [0.1, 0.15) is 5.01 Å². The molecular formula is C23H27ClN6O2S. The van der Waals surface area contributed by atoms with E-state index in [-0.39, 0.29) is 5.41 Å². The molecular weight excluding hydrogens is 460 g/mol. The number of anilines is 1. The van der Waals surface area contributed by atoms with Gasteiger partial charge in [-0.1, -0.05) is 18.0 Å². The van der Waals surface area contributed by atoms with E-state index in [4.69, 9.17) is 16.4 Å². The van der Waals surface area contributed by atoms with Crippen molar-refractivity contribution < 1.29 is 9.63 Å². The van der Waals surface area contributed by atoms with Crippen LogP contribution in [0.2, 0.25) is 5.02 Å². The normalized spacial score (nSPS) is 15.0. The molecule has 1 N–H and O–H groups in total. The van der Waals surface area contributed by atoms with Gasteiger partial charge >= 0.3 is 0 Å². The summed E-state index contributed by atoms with van der Waals surface area (Å²) in [5.74, 6) is 0.555. The average Bonchev–Trinajstić information content (AvgIpc) is 3.21.